The number of rotatable bonds is 5. The van der Waals surface area contributed by atoms with Crippen LogP contribution >= 0.6 is 0 Å². The summed E-state index contributed by atoms with van der Waals surface area (Å²) < 4.78 is 39.7. The zero-order valence-corrected chi connectivity index (χ0v) is 9.17. The maximum Gasteiger partial charge on any atom is 0.389 e. The van der Waals surface area contributed by atoms with Gasteiger partial charge in [0.1, 0.15) is 5.69 Å². The molecule has 0 unspecified atom stereocenters. The Morgan fingerprint density at radius 2 is 2.06 bits per heavy atom. The van der Waals surface area contributed by atoms with Gasteiger partial charge in [-0.3, -0.25) is 4.79 Å². The summed E-state index contributed by atoms with van der Waals surface area (Å²) in [6, 6.07) is 0. The van der Waals surface area contributed by atoms with Crippen LogP contribution in [0.3, 0.4) is 0 Å². The molecule has 0 spiro atoms. The molecule has 1 aromatic rings. The Morgan fingerprint density at radius 1 is 1.35 bits per heavy atom. The number of alkyl halides is 3. The van der Waals surface area contributed by atoms with Crippen molar-refractivity contribution in [3.63, 3.8) is 0 Å². The molecular formula is C9H12F3N3O2. The number of carbonyl (C=O) groups excluding carboxylic acids is 1. The molecule has 0 fully saturated rings. The van der Waals surface area contributed by atoms with Gasteiger partial charge in [0, 0.05) is 13.0 Å². The SMILES string of the molecule is Cc1nonc1C(=O)NCCCCC(F)(F)F. The van der Waals surface area contributed by atoms with E-state index in [4.69, 9.17) is 0 Å². The van der Waals surface area contributed by atoms with Crippen molar-refractivity contribution in [2.45, 2.75) is 32.4 Å². The van der Waals surface area contributed by atoms with E-state index in [1.807, 2.05) is 0 Å². The van der Waals surface area contributed by atoms with E-state index in [1.54, 1.807) is 6.92 Å². The summed E-state index contributed by atoms with van der Waals surface area (Å²) in [5.74, 6) is -0.490. The fraction of sp³-hybridized carbons (Fsp3) is 0.667. The number of nitrogens with zero attached hydrogens (tertiary/aromatic N) is 2. The van der Waals surface area contributed by atoms with Gasteiger partial charge in [-0.05, 0) is 24.9 Å². The summed E-state index contributed by atoms with van der Waals surface area (Å²) >= 11 is 0. The summed E-state index contributed by atoms with van der Waals surface area (Å²) in [4.78, 5) is 11.4. The number of aryl methyl sites for hydroxylation is 1. The van der Waals surface area contributed by atoms with Gasteiger partial charge in [0.05, 0.1) is 0 Å². The van der Waals surface area contributed by atoms with Gasteiger partial charge in [-0.15, -0.1) is 0 Å². The molecule has 1 heterocycles. The molecule has 0 aliphatic heterocycles. The van der Waals surface area contributed by atoms with Gasteiger partial charge in [-0.2, -0.15) is 13.2 Å². The maximum atomic E-state index is 11.8. The first-order chi connectivity index (χ1) is 7.90. The van der Waals surface area contributed by atoms with Crippen LogP contribution in [-0.2, 0) is 0 Å². The number of unbranched alkanes of at least 4 members (excludes halogenated alkanes) is 1. The first-order valence-electron chi connectivity index (χ1n) is 5.04. The number of nitrogens with one attached hydrogen (secondary N) is 1. The Bertz CT molecular complexity index is 376. The molecule has 1 aromatic heterocycles. The summed E-state index contributed by atoms with van der Waals surface area (Å²) in [6.07, 6.45) is -4.74. The molecule has 0 bridgehead atoms. The van der Waals surface area contributed by atoms with Crippen LogP contribution in [-0.4, -0.2) is 28.9 Å². The number of carbonyl (C=O) groups is 1. The predicted molar refractivity (Wildman–Crippen MR) is 51.3 cm³/mol. The topological polar surface area (TPSA) is 68.0 Å². The molecule has 8 heteroatoms. The van der Waals surface area contributed by atoms with E-state index < -0.39 is 18.5 Å². The van der Waals surface area contributed by atoms with Crippen LogP contribution in [0.4, 0.5) is 13.2 Å². The monoisotopic (exact) mass is 251 g/mol. The second kappa shape index (κ2) is 5.65. The highest BCUT2D eigenvalue weighted by Gasteiger charge is 2.25. The van der Waals surface area contributed by atoms with Crippen molar-refractivity contribution < 1.29 is 22.6 Å². The molecule has 5 nitrogen and oxygen atoms in total. The Hall–Kier alpha value is -1.60. The van der Waals surface area contributed by atoms with Crippen molar-refractivity contribution in [2.24, 2.45) is 0 Å². The van der Waals surface area contributed by atoms with Crippen molar-refractivity contribution in [1.82, 2.24) is 15.6 Å². The number of hydrogen-bond donors (Lipinski definition) is 1. The van der Waals surface area contributed by atoms with E-state index >= 15 is 0 Å². The number of hydrogen-bond acceptors (Lipinski definition) is 4. The smallest absolute Gasteiger partial charge is 0.351 e. The normalized spacial score (nSPS) is 11.5. The van der Waals surface area contributed by atoms with E-state index in [1.165, 1.54) is 0 Å². The fourth-order valence-corrected chi connectivity index (χ4v) is 1.17. The molecule has 1 rings (SSSR count). The lowest BCUT2D eigenvalue weighted by molar-refractivity contribution is -0.135. The lowest BCUT2D eigenvalue weighted by atomic mass is 10.2. The van der Waals surface area contributed by atoms with Crippen LogP contribution in [0.5, 0.6) is 0 Å². The Kier molecular flexibility index (Phi) is 4.47. The molecule has 0 radical (unpaired) electrons. The summed E-state index contributed by atoms with van der Waals surface area (Å²) in [6.45, 7) is 1.72. The Balaban J connectivity index is 2.20. The van der Waals surface area contributed by atoms with Crippen molar-refractivity contribution >= 4 is 5.91 Å². The third kappa shape index (κ3) is 4.83. The minimum atomic E-state index is -4.14. The first-order valence-corrected chi connectivity index (χ1v) is 5.04. The molecule has 17 heavy (non-hydrogen) atoms. The minimum absolute atomic E-state index is 0.0141. The largest absolute Gasteiger partial charge is 0.389 e. The number of halogens is 3. The van der Waals surface area contributed by atoms with Gasteiger partial charge in [0.2, 0.25) is 0 Å². The van der Waals surface area contributed by atoms with E-state index in [0.717, 1.165) is 0 Å². The predicted octanol–water partition coefficient (Wildman–Crippen LogP) is 1.84. The quantitative estimate of drug-likeness (QED) is 0.811. The molecule has 0 atom stereocenters. The standard InChI is InChI=1S/C9H12F3N3O2/c1-6-7(15-17-14-6)8(16)13-5-3-2-4-9(10,11)12/h2-5H2,1H3,(H,13,16). The van der Waals surface area contributed by atoms with Gasteiger partial charge in [-0.25, -0.2) is 4.63 Å². The van der Waals surface area contributed by atoms with Crippen LogP contribution in [0.2, 0.25) is 0 Å². The molecule has 96 valence electrons. The minimum Gasteiger partial charge on any atom is -0.351 e. The first kappa shape index (κ1) is 13.5. The average Bonchev–Trinajstić information content (AvgIpc) is 2.62. The van der Waals surface area contributed by atoms with E-state index in [9.17, 15) is 18.0 Å². The Labute approximate surface area is 95.3 Å². The zero-order chi connectivity index (χ0) is 12.9. The van der Waals surface area contributed by atoms with Gasteiger partial charge in [0.25, 0.3) is 5.91 Å². The number of aromatic nitrogens is 2. The molecule has 0 aromatic carbocycles. The molecule has 0 saturated carbocycles. The van der Waals surface area contributed by atoms with Crippen LogP contribution in [0.15, 0.2) is 4.63 Å². The van der Waals surface area contributed by atoms with Gasteiger partial charge >= 0.3 is 6.18 Å². The highest BCUT2D eigenvalue weighted by molar-refractivity contribution is 5.92. The van der Waals surface area contributed by atoms with Crippen molar-refractivity contribution in [3.05, 3.63) is 11.4 Å². The van der Waals surface area contributed by atoms with Crippen LogP contribution in [0.25, 0.3) is 0 Å². The molecular weight excluding hydrogens is 239 g/mol. The second-order valence-corrected chi connectivity index (χ2v) is 3.53. The maximum absolute atomic E-state index is 11.8. The van der Waals surface area contributed by atoms with Crippen molar-refractivity contribution in [3.8, 4) is 0 Å². The molecule has 1 amide bonds. The van der Waals surface area contributed by atoms with Gasteiger partial charge < -0.3 is 5.32 Å². The molecule has 1 N–H and O–H groups in total. The van der Waals surface area contributed by atoms with Gasteiger partial charge in [-0.1, -0.05) is 5.16 Å². The third-order valence-electron chi connectivity index (χ3n) is 2.04. The van der Waals surface area contributed by atoms with E-state index in [-0.39, 0.29) is 25.1 Å². The van der Waals surface area contributed by atoms with Crippen molar-refractivity contribution in [2.75, 3.05) is 6.54 Å². The van der Waals surface area contributed by atoms with E-state index in [0.29, 0.717) is 5.69 Å². The summed E-state index contributed by atoms with van der Waals surface area (Å²) in [7, 11) is 0. The second-order valence-electron chi connectivity index (χ2n) is 3.53. The molecule has 0 saturated heterocycles. The average molecular weight is 251 g/mol. The highest BCUT2D eigenvalue weighted by atomic mass is 19.4. The van der Waals surface area contributed by atoms with Crippen LogP contribution < -0.4 is 5.32 Å². The fourth-order valence-electron chi connectivity index (χ4n) is 1.17. The third-order valence-corrected chi connectivity index (χ3v) is 2.04. The number of amides is 1. The van der Waals surface area contributed by atoms with Crippen LogP contribution in [0.1, 0.15) is 35.4 Å². The molecule has 0 aliphatic rings. The van der Waals surface area contributed by atoms with Gasteiger partial charge in [0.15, 0.2) is 5.69 Å². The highest BCUT2D eigenvalue weighted by Crippen LogP contribution is 2.21. The van der Waals surface area contributed by atoms with Crippen molar-refractivity contribution in [1.29, 1.82) is 0 Å². The lowest BCUT2D eigenvalue weighted by Crippen LogP contribution is -2.25. The van der Waals surface area contributed by atoms with Crippen LogP contribution in [0, 0.1) is 6.92 Å². The lowest BCUT2D eigenvalue weighted by Gasteiger charge is -2.06. The summed E-state index contributed by atoms with van der Waals surface area (Å²) in [5, 5.41) is 9.24. The Morgan fingerprint density at radius 3 is 2.59 bits per heavy atom. The zero-order valence-electron chi connectivity index (χ0n) is 9.17. The summed E-state index contributed by atoms with van der Waals surface area (Å²) in [5.41, 5.74) is 0.401. The molecule has 0 aliphatic carbocycles. The van der Waals surface area contributed by atoms with E-state index in [2.05, 4.69) is 20.3 Å².